The average Bonchev–Trinajstić information content (AvgIpc) is 3.30. The highest BCUT2D eigenvalue weighted by Crippen LogP contribution is 2.31. The number of carboxylic acid groups (broad SMARTS) is 3. The molecule has 7 amide bonds. The number of hydrogen-bond acceptors (Lipinski definition) is 22. The first kappa shape index (κ1) is 62.9. The van der Waals surface area contributed by atoms with E-state index in [0.717, 1.165) is 34.6 Å². The van der Waals surface area contributed by atoms with Crippen LogP contribution < -0.4 is 43.0 Å². The number of ether oxygens (including phenoxy) is 5. The van der Waals surface area contributed by atoms with E-state index in [9.17, 15) is 88.5 Å². The van der Waals surface area contributed by atoms with Gasteiger partial charge >= 0.3 is 23.9 Å². The molecule has 2 aliphatic heterocycles. The van der Waals surface area contributed by atoms with Crippen LogP contribution in [0.2, 0.25) is 0 Å². The fraction of sp³-hybridized carbons (Fsp3) is 0.732. The molecule has 2 heterocycles. The van der Waals surface area contributed by atoms with Gasteiger partial charge in [0.2, 0.25) is 41.4 Å². The van der Waals surface area contributed by atoms with Crippen LogP contribution in [0.4, 0.5) is 0 Å². The maximum atomic E-state index is 13.5. The first-order valence-corrected chi connectivity index (χ1v) is 22.6. The summed E-state index contributed by atoms with van der Waals surface area (Å²) in [5.74, 6) is -11.8. The molecule has 73 heavy (non-hydrogen) atoms. The van der Waals surface area contributed by atoms with Gasteiger partial charge in [0.25, 0.3) is 0 Å². The predicted molar refractivity (Wildman–Crippen MR) is 237 cm³/mol. The lowest BCUT2D eigenvalue weighted by Crippen LogP contribution is -2.70. The summed E-state index contributed by atoms with van der Waals surface area (Å²) in [7, 11) is 0. The van der Waals surface area contributed by atoms with E-state index < -0.39 is 202 Å². The van der Waals surface area contributed by atoms with Crippen LogP contribution in [0.3, 0.4) is 0 Å². The summed E-state index contributed by atoms with van der Waals surface area (Å²) in [6.07, 6.45) is -17.6. The first-order chi connectivity index (χ1) is 34.1. The van der Waals surface area contributed by atoms with Gasteiger partial charge in [-0.3, -0.25) is 43.2 Å². The van der Waals surface area contributed by atoms with Crippen molar-refractivity contribution in [1.29, 1.82) is 0 Å². The number of esters is 1. The Bertz CT molecular complexity index is 1960. The molecule has 2 aliphatic rings. The number of carbonyl (C=O) groups is 11. The minimum Gasteiger partial charge on any atom is -0.481 e. The van der Waals surface area contributed by atoms with Crippen LogP contribution in [-0.4, -0.2) is 230 Å². The molecular formula is C41H66N8O24. The molecule has 2 fully saturated rings. The molecule has 32 heteroatoms. The third-order valence-electron chi connectivity index (χ3n) is 10.9. The zero-order valence-electron chi connectivity index (χ0n) is 40.3. The predicted octanol–water partition coefficient (Wildman–Crippen LogP) is -8.53. The molecule has 0 aliphatic carbocycles. The maximum Gasteiger partial charge on any atom is 0.326 e. The highest BCUT2D eigenvalue weighted by atomic mass is 16.7. The number of aliphatic hydroxyl groups excluding tert-OH is 5. The number of nitrogens with two attached hydrogens (primary N) is 1. The third-order valence-corrected chi connectivity index (χ3v) is 10.9. The minimum atomic E-state index is -1.94. The fourth-order valence-electron chi connectivity index (χ4n) is 7.15. The normalized spacial score (nSPS) is 26.1. The van der Waals surface area contributed by atoms with Crippen LogP contribution in [0.5, 0.6) is 0 Å². The standard InChI is InChI=1S/C41H66N8O24/c1-15(34(60)48-22(39(66)67)8-9-26(55)47-21(38(64)65)7-6-10-43-37(63)23(12-50)49-36(62)20(42)11-27(56)57)44-35(61)16(2)70-33-29(46-18(4)53)40(68)71-24(13-51)32(33)73-41-28(45-17(3)52)31(59)30(58)25(72-41)14-69-19(5)54/h15-16,20-25,28-33,40-41,50-51,58-59,68H,6-14,42H2,1-5H3,(H,43,63)(H,44,61)(H,45,52)(H,46,53)(H,47,55)(H,48,60)(H,49,62)(H,56,57)(H,64,65)(H,66,67). The molecule has 0 spiro atoms. The largest absolute Gasteiger partial charge is 0.481 e. The molecule has 414 valence electrons. The van der Waals surface area contributed by atoms with Crippen molar-refractivity contribution in [2.24, 2.45) is 5.73 Å². The van der Waals surface area contributed by atoms with Gasteiger partial charge in [0.15, 0.2) is 12.6 Å². The number of carboxylic acids is 3. The van der Waals surface area contributed by atoms with E-state index in [2.05, 4.69) is 37.2 Å². The lowest BCUT2D eigenvalue weighted by molar-refractivity contribution is -0.333. The Labute approximate surface area is 415 Å². The number of aliphatic carboxylic acids is 3. The van der Waals surface area contributed by atoms with Crippen molar-refractivity contribution in [2.45, 2.75) is 164 Å². The van der Waals surface area contributed by atoms with Gasteiger partial charge in [0, 0.05) is 33.7 Å². The van der Waals surface area contributed by atoms with Crippen molar-refractivity contribution in [1.82, 2.24) is 37.2 Å². The Hall–Kier alpha value is -6.23. The van der Waals surface area contributed by atoms with Crippen LogP contribution in [-0.2, 0) is 76.4 Å². The Kier molecular flexibility index (Phi) is 25.9. The zero-order valence-corrected chi connectivity index (χ0v) is 40.3. The summed E-state index contributed by atoms with van der Waals surface area (Å²) in [4.78, 5) is 135. The van der Waals surface area contributed by atoms with Gasteiger partial charge in [0.05, 0.1) is 25.7 Å². The number of hydrogen-bond donors (Lipinski definition) is 16. The number of rotatable bonds is 29. The van der Waals surface area contributed by atoms with Gasteiger partial charge in [0.1, 0.15) is 85.6 Å². The van der Waals surface area contributed by atoms with Crippen molar-refractivity contribution < 1.29 is 117 Å². The van der Waals surface area contributed by atoms with E-state index in [-0.39, 0.29) is 19.4 Å². The van der Waals surface area contributed by atoms with Crippen molar-refractivity contribution in [3.05, 3.63) is 0 Å². The van der Waals surface area contributed by atoms with Crippen molar-refractivity contribution in [2.75, 3.05) is 26.4 Å². The molecular weight excluding hydrogens is 988 g/mol. The Balaban J connectivity index is 2.12. The van der Waals surface area contributed by atoms with Gasteiger partial charge in [-0.2, -0.15) is 0 Å². The quantitative estimate of drug-likeness (QED) is 0.0244. The molecule has 0 aromatic heterocycles. The zero-order chi connectivity index (χ0) is 55.4. The molecule has 16 unspecified atom stereocenters. The Morgan fingerprint density at radius 2 is 1.26 bits per heavy atom. The smallest absolute Gasteiger partial charge is 0.326 e. The summed E-state index contributed by atoms with van der Waals surface area (Å²) in [6.45, 7) is 2.83. The Morgan fingerprint density at radius 3 is 1.81 bits per heavy atom. The van der Waals surface area contributed by atoms with Gasteiger partial charge < -0.3 is 107 Å². The number of amides is 7. The van der Waals surface area contributed by atoms with Crippen molar-refractivity contribution in [3.8, 4) is 0 Å². The van der Waals surface area contributed by atoms with Crippen molar-refractivity contribution >= 4 is 65.2 Å². The van der Waals surface area contributed by atoms with Crippen LogP contribution in [0.15, 0.2) is 0 Å². The lowest BCUT2D eigenvalue weighted by Gasteiger charge is -2.48. The second kappa shape index (κ2) is 30.1. The molecule has 17 N–H and O–H groups in total. The second-order valence-corrected chi connectivity index (χ2v) is 16.9. The van der Waals surface area contributed by atoms with E-state index in [4.69, 9.17) is 34.5 Å². The molecule has 0 aromatic carbocycles. The Morgan fingerprint density at radius 1 is 0.671 bits per heavy atom. The van der Waals surface area contributed by atoms with Gasteiger partial charge in [-0.05, 0) is 33.1 Å². The molecule has 32 nitrogen and oxygen atoms in total. The highest BCUT2D eigenvalue weighted by Gasteiger charge is 2.53. The molecule has 0 saturated carbocycles. The molecule has 2 saturated heterocycles. The molecule has 0 radical (unpaired) electrons. The topological polar surface area (TPSA) is 506 Å². The van der Waals surface area contributed by atoms with E-state index in [0.29, 0.717) is 0 Å². The minimum absolute atomic E-state index is 0.0771. The van der Waals surface area contributed by atoms with Crippen LogP contribution in [0.1, 0.15) is 66.7 Å². The van der Waals surface area contributed by atoms with E-state index in [1.165, 1.54) is 0 Å². The number of nitrogens with one attached hydrogen (secondary N) is 7. The van der Waals surface area contributed by atoms with Crippen LogP contribution >= 0.6 is 0 Å². The SMILES string of the molecule is CC(=O)NC1C(OC2C(CO)OC(O)C(NC(C)=O)C2OC(C)C(=O)NC(C)C(=O)NC(CCC(=O)NC(CCCNC(=O)C(CO)NC(=O)C(N)CC(=O)O)C(=O)O)C(=O)O)OC(COC(C)=O)C(O)C1O. The van der Waals surface area contributed by atoms with Crippen molar-refractivity contribution in [3.63, 3.8) is 0 Å². The van der Waals surface area contributed by atoms with Gasteiger partial charge in [-0.1, -0.05) is 0 Å². The number of aliphatic hydroxyl groups is 5. The number of carbonyl (C=O) groups excluding carboxylic acids is 8. The van der Waals surface area contributed by atoms with Gasteiger partial charge in [-0.15, -0.1) is 0 Å². The van der Waals surface area contributed by atoms with E-state index in [1.54, 1.807) is 0 Å². The summed E-state index contributed by atoms with van der Waals surface area (Å²) < 4.78 is 28.3. The third kappa shape index (κ3) is 20.3. The molecule has 0 bridgehead atoms. The monoisotopic (exact) mass is 1050 g/mol. The molecule has 0 aromatic rings. The molecule has 16 atom stereocenters. The lowest BCUT2D eigenvalue weighted by atomic mass is 9.94. The average molecular weight is 1060 g/mol. The van der Waals surface area contributed by atoms with Gasteiger partial charge in [-0.25, -0.2) is 9.59 Å². The first-order valence-electron chi connectivity index (χ1n) is 22.6. The summed E-state index contributed by atoms with van der Waals surface area (Å²) >= 11 is 0. The second-order valence-electron chi connectivity index (χ2n) is 16.9. The van der Waals surface area contributed by atoms with Crippen LogP contribution in [0.25, 0.3) is 0 Å². The molecule has 2 rings (SSSR count). The summed E-state index contributed by atoms with van der Waals surface area (Å²) in [6, 6.07) is -11.0. The summed E-state index contributed by atoms with van der Waals surface area (Å²) in [5, 5.41) is 96.5. The van der Waals surface area contributed by atoms with Crippen LogP contribution in [0, 0.1) is 0 Å². The summed E-state index contributed by atoms with van der Waals surface area (Å²) in [5.41, 5.74) is 5.44. The highest BCUT2D eigenvalue weighted by molar-refractivity contribution is 5.92. The fourth-order valence-corrected chi connectivity index (χ4v) is 7.15. The van der Waals surface area contributed by atoms with E-state index >= 15 is 0 Å². The maximum absolute atomic E-state index is 13.5. The van der Waals surface area contributed by atoms with E-state index in [1.807, 2.05) is 0 Å².